The largest absolute Gasteiger partial charge is 0.479 e. The van der Waals surface area contributed by atoms with Gasteiger partial charge in [0.2, 0.25) is 5.67 Å². The Morgan fingerprint density at radius 1 is 1.04 bits per heavy atom. The molecular formula is C22H36FNO2. The summed E-state index contributed by atoms with van der Waals surface area (Å²) in [5.74, 6) is -1.39. The van der Waals surface area contributed by atoms with Crippen molar-refractivity contribution in [1.82, 2.24) is 4.90 Å². The highest BCUT2D eigenvalue weighted by Gasteiger charge is 2.32. The summed E-state index contributed by atoms with van der Waals surface area (Å²) in [6, 6.07) is 8.60. The number of carbonyl (C=O) groups is 1. The van der Waals surface area contributed by atoms with E-state index in [4.69, 9.17) is 5.11 Å². The van der Waals surface area contributed by atoms with E-state index in [9.17, 15) is 9.18 Å². The molecule has 0 amide bonds. The molecule has 1 aromatic rings. The Labute approximate surface area is 158 Å². The van der Waals surface area contributed by atoms with Gasteiger partial charge in [-0.2, -0.15) is 0 Å². The normalized spacial score (nSPS) is 13.7. The molecule has 0 aliphatic rings. The number of carboxylic acid groups (broad SMARTS) is 1. The predicted molar refractivity (Wildman–Crippen MR) is 106 cm³/mol. The number of benzene rings is 1. The van der Waals surface area contributed by atoms with Crippen LogP contribution in [0, 0.1) is 0 Å². The monoisotopic (exact) mass is 365 g/mol. The second-order valence-electron chi connectivity index (χ2n) is 7.68. The molecule has 26 heavy (non-hydrogen) atoms. The van der Waals surface area contributed by atoms with Crippen LogP contribution in [0.2, 0.25) is 0 Å². The van der Waals surface area contributed by atoms with E-state index < -0.39 is 11.6 Å². The zero-order valence-corrected chi connectivity index (χ0v) is 16.8. The second-order valence-corrected chi connectivity index (χ2v) is 7.68. The summed E-state index contributed by atoms with van der Waals surface area (Å²) in [6.07, 6.45) is 10.4. The summed E-state index contributed by atoms with van der Waals surface area (Å²) >= 11 is 0. The summed E-state index contributed by atoms with van der Waals surface area (Å²) in [6.45, 7) is 4.49. The molecule has 1 atom stereocenters. The average Bonchev–Trinajstić information content (AvgIpc) is 2.60. The van der Waals surface area contributed by atoms with Crippen molar-refractivity contribution < 1.29 is 14.3 Å². The quantitative estimate of drug-likeness (QED) is 0.435. The molecule has 0 spiro atoms. The van der Waals surface area contributed by atoms with Crippen LogP contribution >= 0.6 is 0 Å². The van der Waals surface area contributed by atoms with Crippen molar-refractivity contribution in [3.8, 4) is 0 Å². The van der Waals surface area contributed by atoms with Gasteiger partial charge in [-0.1, -0.05) is 69.7 Å². The molecule has 148 valence electrons. The molecule has 0 fully saturated rings. The molecule has 1 unspecified atom stereocenters. The van der Waals surface area contributed by atoms with Crippen LogP contribution in [-0.4, -0.2) is 35.2 Å². The lowest BCUT2D eigenvalue weighted by Crippen LogP contribution is -2.34. The lowest BCUT2D eigenvalue weighted by atomic mass is 10.0. The molecule has 1 aromatic carbocycles. The zero-order valence-electron chi connectivity index (χ0n) is 16.8. The number of rotatable bonds is 14. The lowest BCUT2D eigenvalue weighted by Gasteiger charge is -2.21. The van der Waals surface area contributed by atoms with Crippen LogP contribution in [0.1, 0.15) is 76.3 Å². The van der Waals surface area contributed by atoms with Crippen LogP contribution in [0.4, 0.5) is 4.39 Å². The number of carboxylic acids is 1. The Balaban J connectivity index is 2.26. The highest BCUT2D eigenvalue weighted by molar-refractivity contribution is 5.76. The number of hydrogen-bond donors (Lipinski definition) is 1. The van der Waals surface area contributed by atoms with Crippen LogP contribution in [0.5, 0.6) is 0 Å². The Bertz CT molecular complexity index is 513. The van der Waals surface area contributed by atoms with Crippen LogP contribution in [0.3, 0.4) is 0 Å². The average molecular weight is 366 g/mol. The van der Waals surface area contributed by atoms with E-state index >= 15 is 0 Å². The fourth-order valence-electron chi connectivity index (χ4n) is 3.00. The van der Waals surface area contributed by atoms with Crippen molar-refractivity contribution >= 4 is 5.97 Å². The fraction of sp³-hybridized carbons (Fsp3) is 0.682. The summed E-state index contributed by atoms with van der Waals surface area (Å²) in [5.41, 5.74) is 0.383. The maximum atomic E-state index is 13.8. The number of alkyl halides is 1. The van der Waals surface area contributed by atoms with E-state index in [-0.39, 0.29) is 6.42 Å². The van der Waals surface area contributed by atoms with Crippen molar-refractivity contribution in [2.45, 2.75) is 83.8 Å². The Morgan fingerprint density at radius 2 is 1.58 bits per heavy atom. The van der Waals surface area contributed by atoms with Gasteiger partial charge in [-0.3, -0.25) is 0 Å². The summed E-state index contributed by atoms with van der Waals surface area (Å²) in [7, 11) is 1.89. The minimum absolute atomic E-state index is 0.00479. The van der Waals surface area contributed by atoms with Gasteiger partial charge in [-0.25, -0.2) is 9.18 Å². The molecule has 0 saturated heterocycles. The van der Waals surface area contributed by atoms with Crippen molar-refractivity contribution in [1.29, 1.82) is 0 Å². The molecule has 0 aliphatic heterocycles. The highest BCUT2D eigenvalue weighted by Crippen LogP contribution is 2.17. The zero-order chi connectivity index (χ0) is 19.4. The van der Waals surface area contributed by atoms with Gasteiger partial charge < -0.3 is 10.0 Å². The van der Waals surface area contributed by atoms with E-state index in [1.54, 1.807) is 0 Å². The first kappa shape index (κ1) is 22.6. The molecule has 1 N–H and O–H groups in total. The van der Waals surface area contributed by atoms with E-state index in [2.05, 4.69) is 31.2 Å². The second kappa shape index (κ2) is 12.1. The van der Waals surface area contributed by atoms with Gasteiger partial charge in [-0.15, -0.1) is 0 Å². The minimum Gasteiger partial charge on any atom is -0.479 e. The van der Waals surface area contributed by atoms with E-state index in [1.807, 2.05) is 11.9 Å². The van der Waals surface area contributed by atoms with Crippen molar-refractivity contribution in [2.24, 2.45) is 0 Å². The predicted octanol–water partition coefficient (Wildman–Crippen LogP) is 5.61. The van der Waals surface area contributed by atoms with Gasteiger partial charge in [0.05, 0.1) is 0 Å². The van der Waals surface area contributed by atoms with Crippen LogP contribution in [0.15, 0.2) is 24.3 Å². The van der Waals surface area contributed by atoms with Crippen molar-refractivity contribution in [3.05, 3.63) is 35.4 Å². The molecule has 0 aliphatic carbocycles. The Morgan fingerprint density at radius 3 is 2.15 bits per heavy atom. The number of nitrogens with zero attached hydrogens (tertiary/aromatic N) is 1. The van der Waals surface area contributed by atoms with E-state index in [0.717, 1.165) is 13.3 Å². The number of aliphatic carboxylic acids is 1. The first-order chi connectivity index (χ1) is 12.3. The molecule has 0 aromatic heterocycles. The third-order valence-corrected chi connectivity index (χ3v) is 4.95. The van der Waals surface area contributed by atoms with Crippen LogP contribution in [0.25, 0.3) is 0 Å². The molecule has 1 rings (SSSR count). The van der Waals surface area contributed by atoms with Gasteiger partial charge in [0.15, 0.2) is 0 Å². The summed E-state index contributed by atoms with van der Waals surface area (Å²) < 4.78 is 13.8. The van der Waals surface area contributed by atoms with Gasteiger partial charge in [0, 0.05) is 19.5 Å². The number of hydrogen-bond acceptors (Lipinski definition) is 2. The van der Waals surface area contributed by atoms with Crippen molar-refractivity contribution in [2.75, 3.05) is 13.6 Å². The molecule has 0 bridgehead atoms. The molecule has 0 radical (unpaired) electrons. The van der Waals surface area contributed by atoms with E-state index in [1.165, 1.54) is 56.1 Å². The van der Waals surface area contributed by atoms with Gasteiger partial charge in [-0.05, 0) is 37.9 Å². The topological polar surface area (TPSA) is 40.5 Å². The summed E-state index contributed by atoms with van der Waals surface area (Å²) in [4.78, 5) is 12.8. The molecule has 4 heteroatoms. The first-order valence-electron chi connectivity index (χ1n) is 10.0. The van der Waals surface area contributed by atoms with Crippen LogP contribution in [-0.2, 0) is 17.8 Å². The maximum Gasteiger partial charge on any atom is 0.341 e. The Kier molecular flexibility index (Phi) is 10.5. The molecule has 3 nitrogen and oxygen atoms in total. The smallest absolute Gasteiger partial charge is 0.341 e. The minimum atomic E-state index is -2.16. The maximum absolute atomic E-state index is 13.8. The highest BCUT2D eigenvalue weighted by atomic mass is 19.1. The Hall–Kier alpha value is -1.42. The standard InChI is InChI=1S/C22H36FNO2/c1-4-5-6-7-8-9-10-11-19-12-14-20(15-13-19)18-24(3)17-16-22(2,23)21(25)26/h12-15H,4-11,16-18H2,1-3H3,(H,25,26). The molecule has 0 saturated carbocycles. The third kappa shape index (κ3) is 9.33. The number of halogens is 1. The molecule has 0 heterocycles. The SMILES string of the molecule is CCCCCCCCCc1ccc(CN(C)CCC(C)(F)C(=O)O)cc1. The number of aryl methyl sites for hydroxylation is 1. The molecular weight excluding hydrogens is 329 g/mol. The lowest BCUT2D eigenvalue weighted by molar-refractivity contribution is -0.150. The van der Waals surface area contributed by atoms with Gasteiger partial charge in [0.25, 0.3) is 0 Å². The third-order valence-electron chi connectivity index (χ3n) is 4.95. The summed E-state index contributed by atoms with van der Waals surface area (Å²) in [5, 5.41) is 8.82. The number of unbranched alkanes of at least 4 members (excludes halogenated alkanes) is 6. The van der Waals surface area contributed by atoms with Crippen LogP contribution < -0.4 is 0 Å². The van der Waals surface area contributed by atoms with Gasteiger partial charge >= 0.3 is 5.97 Å². The van der Waals surface area contributed by atoms with E-state index in [0.29, 0.717) is 13.1 Å². The fourth-order valence-corrected chi connectivity index (χ4v) is 3.00. The first-order valence-corrected chi connectivity index (χ1v) is 10.0. The van der Waals surface area contributed by atoms with Gasteiger partial charge in [0.1, 0.15) is 0 Å². The van der Waals surface area contributed by atoms with Crippen molar-refractivity contribution in [3.63, 3.8) is 0 Å².